The Balaban J connectivity index is 1.99. The molecule has 2 aromatic carbocycles. The highest BCUT2D eigenvalue weighted by Crippen LogP contribution is 2.37. The first-order chi connectivity index (χ1) is 12.0. The molecule has 0 aromatic heterocycles. The van der Waals surface area contributed by atoms with Crippen LogP contribution in [0, 0.1) is 0 Å². The van der Waals surface area contributed by atoms with Gasteiger partial charge in [0.15, 0.2) is 5.72 Å². The fourth-order valence-electron chi connectivity index (χ4n) is 2.83. The van der Waals surface area contributed by atoms with Gasteiger partial charge in [-0.3, -0.25) is 4.79 Å². The lowest BCUT2D eigenvalue weighted by atomic mass is 9.96. The lowest BCUT2D eigenvalue weighted by Crippen LogP contribution is -2.43. The first kappa shape index (κ1) is 17.6. The minimum atomic E-state index is -1.50. The maximum Gasteiger partial charge on any atom is 0.276 e. The Morgan fingerprint density at radius 2 is 1.88 bits per heavy atom. The Labute approximate surface area is 155 Å². The lowest BCUT2D eigenvalue weighted by Gasteiger charge is -2.31. The van der Waals surface area contributed by atoms with E-state index in [1.165, 1.54) is 5.01 Å². The van der Waals surface area contributed by atoms with Crippen molar-refractivity contribution in [2.24, 2.45) is 5.10 Å². The lowest BCUT2D eigenvalue weighted by molar-refractivity contribution is -0.0765. The summed E-state index contributed by atoms with van der Waals surface area (Å²) in [6, 6.07) is 14.0. The monoisotopic (exact) mass is 402 g/mol. The Morgan fingerprint density at radius 3 is 2.44 bits per heavy atom. The van der Waals surface area contributed by atoms with Crippen LogP contribution in [0.4, 0.5) is 0 Å². The topological polar surface area (TPSA) is 62.1 Å². The van der Waals surface area contributed by atoms with Crippen LogP contribution in [0.2, 0.25) is 0 Å². The third-order valence-corrected chi connectivity index (χ3v) is 4.82. The Hall–Kier alpha value is -2.18. The zero-order valence-electron chi connectivity index (χ0n) is 14.1. The minimum absolute atomic E-state index is 0.290. The van der Waals surface area contributed by atoms with Gasteiger partial charge in [-0.1, -0.05) is 35.0 Å². The average molecular weight is 403 g/mol. The number of aliphatic hydroxyl groups is 1. The molecular formula is C19H19BrN2O3. The number of nitrogens with zero attached hydrogens (tertiary/aromatic N) is 2. The fourth-order valence-corrected chi connectivity index (χ4v) is 3.09. The molecule has 1 heterocycles. The highest BCUT2D eigenvalue weighted by Gasteiger charge is 2.45. The molecule has 6 heteroatoms. The summed E-state index contributed by atoms with van der Waals surface area (Å²) in [5, 5.41) is 16.9. The standard InChI is InChI=1S/C19H19BrN2O3/c1-3-16-12-19(24,14-6-10-17(25-2)11-7-14)22(21-16)18(23)13-4-8-15(20)9-5-13/h4-11,24H,3,12H2,1-2H3. The van der Waals surface area contributed by atoms with Gasteiger partial charge in [-0.15, -0.1) is 0 Å². The number of hydrogen-bond donors (Lipinski definition) is 1. The van der Waals surface area contributed by atoms with Gasteiger partial charge in [0.25, 0.3) is 5.91 Å². The van der Waals surface area contributed by atoms with Crippen molar-refractivity contribution in [3.8, 4) is 5.75 Å². The van der Waals surface area contributed by atoms with E-state index in [0.29, 0.717) is 23.3 Å². The van der Waals surface area contributed by atoms with Crippen LogP contribution in [0.5, 0.6) is 5.75 Å². The smallest absolute Gasteiger partial charge is 0.276 e. The number of carbonyl (C=O) groups excluding carboxylic acids is 1. The first-order valence-electron chi connectivity index (χ1n) is 8.01. The van der Waals surface area contributed by atoms with E-state index in [9.17, 15) is 9.90 Å². The molecule has 3 rings (SSSR count). The van der Waals surface area contributed by atoms with E-state index < -0.39 is 5.72 Å². The number of hydrazone groups is 1. The molecule has 1 aliphatic heterocycles. The van der Waals surface area contributed by atoms with Gasteiger partial charge < -0.3 is 9.84 Å². The molecule has 1 amide bonds. The molecule has 1 atom stereocenters. The predicted molar refractivity (Wildman–Crippen MR) is 99.5 cm³/mol. The largest absolute Gasteiger partial charge is 0.497 e. The molecule has 1 unspecified atom stereocenters. The van der Waals surface area contributed by atoms with Gasteiger partial charge in [0.1, 0.15) is 5.75 Å². The SMILES string of the molecule is CCC1=NN(C(=O)c2ccc(Br)cc2)C(O)(c2ccc(OC)cc2)C1. The average Bonchev–Trinajstić information content (AvgIpc) is 3.00. The normalized spacial score (nSPS) is 19.7. The summed E-state index contributed by atoms with van der Waals surface area (Å²) in [6.07, 6.45) is 0.959. The number of carbonyl (C=O) groups is 1. The number of hydrogen-bond acceptors (Lipinski definition) is 4. The second-order valence-electron chi connectivity index (χ2n) is 5.87. The van der Waals surface area contributed by atoms with E-state index in [4.69, 9.17) is 4.74 Å². The molecule has 2 aromatic rings. The molecule has 0 saturated heterocycles. The van der Waals surface area contributed by atoms with Crippen molar-refractivity contribution in [1.29, 1.82) is 0 Å². The van der Waals surface area contributed by atoms with Gasteiger partial charge in [0.05, 0.1) is 7.11 Å². The molecule has 1 N–H and O–H groups in total. The van der Waals surface area contributed by atoms with E-state index in [-0.39, 0.29) is 12.3 Å². The third-order valence-electron chi connectivity index (χ3n) is 4.29. The maximum absolute atomic E-state index is 13.0. The van der Waals surface area contributed by atoms with Crippen LogP contribution in [-0.2, 0) is 5.72 Å². The van der Waals surface area contributed by atoms with E-state index in [2.05, 4.69) is 21.0 Å². The number of ether oxygens (including phenoxy) is 1. The molecule has 0 fully saturated rings. The molecule has 0 spiro atoms. The van der Waals surface area contributed by atoms with Crippen molar-refractivity contribution in [2.75, 3.05) is 7.11 Å². The molecule has 0 bridgehead atoms. The van der Waals surface area contributed by atoms with Gasteiger partial charge in [-0.25, -0.2) is 0 Å². The first-order valence-corrected chi connectivity index (χ1v) is 8.80. The van der Waals surface area contributed by atoms with Crippen molar-refractivity contribution in [3.63, 3.8) is 0 Å². The second-order valence-corrected chi connectivity index (χ2v) is 6.78. The molecular weight excluding hydrogens is 384 g/mol. The van der Waals surface area contributed by atoms with Crippen LogP contribution in [0.15, 0.2) is 58.1 Å². The summed E-state index contributed by atoms with van der Waals surface area (Å²) in [4.78, 5) is 13.0. The Kier molecular flexibility index (Phi) is 4.92. The summed E-state index contributed by atoms with van der Waals surface area (Å²) >= 11 is 3.36. The molecule has 5 nitrogen and oxygen atoms in total. The molecule has 0 aliphatic carbocycles. The van der Waals surface area contributed by atoms with E-state index in [1.807, 2.05) is 6.92 Å². The van der Waals surface area contributed by atoms with Crippen molar-refractivity contribution >= 4 is 27.5 Å². The van der Waals surface area contributed by atoms with Crippen LogP contribution in [-0.4, -0.2) is 28.8 Å². The highest BCUT2D eigenvalue weighted by atomic mass is 79.9. The maximum atomic E-state index is 13.0. The van der Waals surface area contributed by atoms with Gasteiger partial charge in [0.2, 0.25) is 0 Å². The van der Waals surface area contributed by atoms with Crippen LogP contribution < -0.4 is 4.74 Å². The number of rotatable bonds is 4. The Morgan fingerprint density at radius 1 is 1.24 bits per heavy atom. The van der Waals surface area contributed by atoms with Crippen molar-refractivity contribution in [2.45, 2.75) is 25.5 Å². The summed E-state index contributed by atoms with van der Waals surface area (Å²) in [5.74, 6) is 0.349. The van der Waals surface area contributed by atoms with Crippen LogP contribution in [0.25, 0.3) is 0 Å². The van der Waals surface area contributed by atoms with E-state index in [1.54, 1.807) is 55.6 Å². The van der Waals surface area contributed by atoms with Crippen molar-refractivity contribution < 1.29 is 14.6 Å². The molecule has 0 saturated carbocycles. The van der Waals surface area contributed by atoms with Gasteiger partial charge in [-0.2, -0.15) is 10.1 Å². The van der Waals surface area contributed by atoms with Crippen LogP contribution in [0.3, 0.4) is 0 Å². The third kappa shape index (κ3) is 3.32. The summed E-state index contributed by atoms with van der Waals surface area (Å²) < 4.78 is 6.05. The molecule has 25 heavy (non-hydrogen) atoms. The van der Waals surface area contributed by atoms with Crippen molar-refractivity contribution in [1.82, 2.24) is 5.01 Å². The minimum Gasteiger partial charge on any atom is -0.497 e. The number of amides is 1. The van der Waals surface area contributed by atoms with Gasteiger partial charge >= 0.3 is 0 Å². The van der Waals surface area contributed by atoms with Gasteiger partial charge in [-0.05, 0) is 42.8 Å². The molecule has 130 valence electrons. The van der Waals surface area contributed by atoms with E-state index >= 15 is 0 Å². The van der Waals surface area contributed by atoms with Crippen molar-refractivity contribution in [3.05, 3.63) is 64.1 Å². The predicted octanol–water partition coefficient (Wildman–Crippen LogP) is 3.91. The molecule has 0 radical (unpaired) electrons. The fraction of sp³-hybridized carbons (Fsp3) is 0.263. The number of benzene rings is 2. The van der Waals surface area contributed by atoms with Crippen LogP contribution in [0.1, 0.15) is 35.7 Å². The van der Waals surface area contributed by atoms with Crippen LogP contribution >= 0.6 is 15.9 Å². The second kappa shape index (κ2) is 6.98. The number of methoxy groups -OCH3 is 1. The summed E-state index contributed by atoms with van der Waals surface area (Å²) in [6.45, 7) is 1.96. The Bertz CT molecular complexity index is 802. The zero-order chi connectivity index (χ0) is 18.0. The zero-order valence-corrected chi connectivity index (χ0v) is 15.7. The quantitative estimate of drug-likeness (QED) is 0.842. The van der Waals surface area contributed by atoms with E-state index in [0.717, 1.165) is 10.2 Å². The highest BCUT2D eigenvalue weighted by molar-refractivity contribution is 9.10. The summed E-state index contributed by atoms with van der Waals surface area (Å²) in [5.41, 5.74) is 0.355. The molecule has 1 aliphatic rings. The summed E-state index contributed by atoms with van der Waals surface area (Å²) in [7, 11) is 1.58. The number of halogens is 1. The van der Waals surface area contributed by atoms with Gasteiger partial charge in [0, 0.05) is 27.7 Å².